The number of hydrogen-bond acceptors (Lipinski definition) is 5. The van der Waals surface area contributed by atoms with E-state index in [4.69, 9.17) is 10.5 Å². The molecule has 0 radical (unpaired) electrons. The summed E-state index contributed by atoms with van der Waals surface area (Å²) in [6, 6.07) is 24.8. The molecule has 0 aliphatic heterocycles. The second-order valence-electron chi connectivity index (χ2n) is 7.15. The van der Waals surface area contributed by atoms with Crippen molar-refractivity contribution in [2.24, 2.45) is 0 Å². The number of carbonyl (C=O) groups is 1. The number of carbonyl (C=O) groups excluding carboxylic acids is 1. The summed E-state index contributed by atoms with van der Waals surface area (Å²) >= 11 is 0. The lowest BCUT2D eigenvalue weighted by atomic mass is 10.1. The van der Waals surface area contributed by atoms with Crippen LogP contribution in [0.4, 0.5) is 11.4 Å². The van der Waals surface area contributed by atoms with Crippen LogP contribution in [-0.2, 0) is 6.54 Å². The summed E-state index contributed by atoms with van der Waals surface area (Å²) in [5, 5.41) is 7.30. The zero-order chi connectivity index (χ0) is 22.5. The number of methoxy groups -OCH3 is 1. The van der Waals surface area contributed by atoms with E-state index >= 15 is 0 Å². The van der Waals surface area contributed by atoms with Crippen molar-refractivity contribution in [3.05, 3.63) is 106 Å². The molecule has 3 N–H and O–H groups in total. The molecule has 0 spiro atoms. The minimum atomic E-state index is -0.261. The molecular weight excluding hydrogens is 404 g/mol. The molecule has 0 aliphatic rings. The number of amides is 1. The molecule has 160 valence electrons. The Hall–Kier alpha value is -4.39. The van der Waals surface area contributed by atoms with Crippen LogP contribution in [0.1, 0.15) is 15.9 Å². The fourth-order valence-corrected chi connectivity index (χ4v) is 3.30. The van der Waals surface area contributed by atoms with Gasteiger partial charge in [0, 0.05) is 17.2 Å². The highest BCUT2D eigenvalue weighted by Gasteiger charge is 2.10. The molecule has 0 saturated heterocycles. The van der Waals surface area contributed by atoms with Crippen LogP contribution in [0.2, 0.25) is 0 Å². The van der Waals surface area contributed by atoms with Gasteiger partial charge in [0.2, 0.25) is 0 Å². The molecular formula is C25H22N4O3. The van der Waals surface area contributed by atoms with Crippen molar-refractivity contribution in [3.63, 3.8) is 0 Å². The largest absolute Gasteiger partial charge is 0.496 e. The van der Waals surface area contributed by atoms with E-state index < -0.39 is 0 Å². The first-order valence-electron chi connectivity index (χ1n) is 10.0. The maximum absolute atomic E-state index is 12.5. The van der Waals surface area contributed by atoms with Gasteiger partial charge in [-0.15, -0.1) is 0 Å². The number of aromatic nitrogens is 2. The third-order valence-corrected chi connectivity index (χ3v) is 5.01. The fourth-order valence-electron chi connectivity index (χ4n) is 3.30. The fraction of sp³-hybridized carbons (Fsp3) is 0.0800. The summed E-state index contributed by atoms with van der Waals surface area (Å²) < 4.78 is 6.79. The van der Waals surface area contributed by atoms with Crippen molar-refractivity contribution < 1.29 is 9.53 Å². The maximum Gasteiger partial charge on any atom is 0.267 e. The monoisotopic (exact) mass is 426 g/mol. The standard InChI is InChI=1S/C25H22N4O3/c1-32-23-9-5-2-6-19(23)21-14-15-24(30)29(28-21)16-17-10-12-18(13-11-17)25(31)27-22-8-4-3-7-20(22)26/h2-15H,16,26H2,1H3,(H,27,31). The van der Waals surface area contributed by atoms with Gasteiger partial charge in [-0.05, 0) is 48.0 Å². The number of nitrogens with two attached hydrogens (primary N) is 1. The number of ether oxygens (including phenoxy) is 1. The third kappa shape index (κ3) is 4.52. The molecule has 1 amide bonds. The van der Waals surface area contributed by atoms with Gasteiger partial charge in [0.1, 0.15) is 5.75 Å². The first-order valence-corrected chi connectivity index (χ1v) is 10.0. The lowest BCUT2D eigenvalue weighted by molar-refractivity contribution is 0.102. The topological polar surface area (TPSA) is 99.2 Å². The Labute approximate surface area is 185 Å². The van der Waals surface area contributed by atoms with Crippen LogP contribution in [0.25, 0.3) is 11.3 Å². The average Bonchev–Trinajstić information content (AvgIpc) is 2.82. The van der Waals surface area contributed by atoms with E-state index in [0.717, 1.165) is 11.1 Å². The van der Waals surface area contributed by atoms with Gasteiger partial charge >= 0.3 is 0 Å². The van der Waals surface area contributed by atoms with E-state index in [1.54, 1.807) is 61.7 Å². The van der Waals surface area contributed by atoms with Gasteiger partial charge in [0.25, 0.3) is 11.5 Å². The number of anilines is 2. The molecule has 0 saturated carbocycles. The number of benzene rings is 3. The number of rotatable bonds is 6. The number of hydrogen-bond donors (Lipinski definition) is 2. The van der Waals surface area contributed by atoms with Gasteiger partial charge in [0.05, 0.1) is 30.7 Å². The number of nitrogens with zero attached hydrogens (tertiary/aromatic N) is 2. The Morgan fingerprint density at radius 1 is 0.969 bits per heavy atom. The van der Waals surface area contributed by atoms with E-state index in [-0.39, 0.29) is 18.0 Å². The van der Waals surface area contributed by atoms with Gasteiger partial charge in [-0.2, -0.15) is 5.10 Å². The highest BCUT2D eigenvalue weighted by Crippen LogP contribution is 2.27. The molecule has 0 atom stereocenters. The van der Waals surface area contributed by atoms with Crippen molar-refractivity contribution >= 4 is 17.3 Å². The van der Waals surface area contributed by atoms with Crippen molar-refractivity contribution in [1.29, 1.82) is 0 Å². The minimum Gasteiger partial charge on any atom is -0.496 e. The molecule has 7 heteroatoms. The Morgan fingerprint density at radius 3 is 2.44 bits per heavy atom. The normalized spacial score (nSPS) is 10.5. The van der Waals surface area contributed by atoms with Crippen LogP contribution in [0.3, 0.4) is 0 Å². The summed E-state index contributed by atoms with van der Waals surface area (Å²) in [6.07, 6.45) is 0. The van der Waals surface area contributed by atoms with Gasteiger partial charge in [0.15, 0.2) is 0 Å². The van der Waals surface area contributed by atoms with Crippen molar-refractivity contribution in [2.45, 2.75) is 6.54 Å². The van der Waals surface area contributed by atoms with Gasteiger partial charge in [-0.1, -0.05) is 36.4 Å². The molecule has 3 aromatic carbocycles. The molecule has 0 unspecified atom stereocenters. The first kappa shape index (κ1) is 20.9. The number of para-hydroxylation sites is 3. The number of nitrogen functional groups attached to an aromatic ring is 1. The van der Waals surface area contributed by atoms with Crippen molar-refractivity contribution in [2.75, 3.05) is 18.2 Å². The van der Waals surface area contributed by atoms with Crippen LogP contribution < -0.4 is 21.3 Å². The maximum atomic E-state index is 12.5. The van der Waals surface area contributed by atoms with Gasteiger partial charge in [-0.25, -0.2) is 4.68 Å². The van der Waals surface area contributed by atoms with E-state index in [9.17, 15) is 9.59 Å². The molecule has 7 nitrogen and oxygen atoms in total. The van der Waals surface area contributed by atoms with E-state index in [1.165, 1.54) is 10.7 Å². The zero-order valence-electron chi connectivity index (χ0n) is 17.5. The number of nitrogens with one attached hydrogen (secondary N) is 1. The minimum absolute atomic E-state index is 0.218. The van der Waals surface area contributed by atoms with Crippen LogP contribution in [-0.4, -0.2) is 22.8 Å². The quantitative estimate of drug-likeness (QED) is 0.457. The summed E-state index contributed by atoms with van der Waals surface area (Å²) in [5.74, 6) is 0.419. The Balaban J connectivity index is 1.53. The highest BCUT2D eigenvalue weighted by atomic mass is 16.5. The van der Waals surface area contributed by atoms with Crippen LogP contribution >= 0.6 is 0 Å². The molecule has 4 aromatic rings. The third-order valence-electron chi connectivity index (χ3n) is 5.01. The van der Waals surface area contributed by atoms with Crippen molar-refractivity contribution in [3.8, 4) is 17.0 Å². The Bertz CT molecular complexity index is 1310. The first-order chi connectivity index (χ1) is 15.5. The molecule has 0 fully saturated rings. The van der Waals surface area contributed by atoms with E-state index in [2.05, 4.69) is 10.4 Å². The summed E-state index contributed by atoms with van der Waals surface area (Å²) in [7, 11) is 1.60. The second-order valence-corrected chi connectivity index (χ2v) is 7.15. The Kier molecular flexibility index (Phi) is 5.98. The average molecular weight is 426 g/mol. The molecule has 0 bridgehead atoms. The Morgan fingerprint density at radius 2 is 1.69 bits per heavy atom. The van der Waals surface area contributed by atoms with Crippen LogP contribution in [0.5, 0.6) is 5.75 Å². The predicted octanol–water partition coefficient (Wildman–Crippen LogP) is 3.80. The van der Waals surface area contributed by atoms with Gasteiger partial charge in [-0.3, -0.25) is 9.59 Å². The van der Waals surface area contributed by atoms with E-state index in [1.807, 2.05) is 24.3 Å². The van der Waals surface area contributed by atoms with Crippen molar-refractivity contribution in [1.82, 2.24) is 9.78 Å². The molecule has 0 aliphatic carbocycles. The highest BCUT2D eigenvalue weighted by molar-refractivity contribution is 6.05. The second kappa shape index (κ2) is 9.18. The lowest BCUT2D eigenvalue weighted by Crippen LogP contribution is -2.23. The molecule has 1 heterocycles. The SMILES string of the molecule is COc1ccccc1-c1ccc(=O)n(Cc2ccc(C(=O)Nc3ccccc3N)cc2)n1. The van der Waals surface area contributed by atoms with E-state index in [0.29, 0.717) is 28.4 Å². The molecule has 32 heavy (non-hydrogen) atoms. The van der Waals surface area contributed by atoms with Crippen LogP contribution in [0, 0.1) is 0 Å². The zero-order valence-corrected chi connectivity index (χ0v) is 17.5. The summed E-state index contributed by atoms with van der Waals surface area (Å²) in [5.41, 5.74) is 9.49. The lowest BCUT2D eigenvalue weighted by Gasteiger charge is -2.11. The molecule has 1 aromatic heterocycles. The summed E-state index contributed by atoms with van der Waals surface area (Å²) in [4.78, 5) is 24.9. The van der Waals surface area contributed by atoms with Crippen LogP contribution in [0.15, 0.2) is 89.7 Å². The molecule has 4 rings (SSSR count). The smallest absolute Gasteiger partial charge is 0.267 e. The predicted molar refractivity (Wildman–Crippen MR) is 125 cm³/mol. The van der Waals surface area contributed by atoms with Gasteiger partial charge < -0.3 is 15.8 Å². The summed E-state index contributed by atoms with van der Waals surface area (Å²) in [6.45, 7) is 0.273.